The predicted octanol–water partition coefficient (Wildman–Crippen LogP) is 4.21. The first-order chi connectivity index (χ1) is 13.7. The second-order valence-corrected chi connectivity index (χ2v) is 6.71. The van der Waals surface area contributed by atoms with Crippen LogP contribution in [-0.4, -0.2) is 27.4 Å². The second kappa shape index (κ2) is 8.23. The lowest BCUT2D eigenvalue weighted by Crippen LogP contribution is -2.24. The number of aliphatic hydroxyl groups excluding tert-OH is 1. The third-order valence-corrected chi connectivity index (χ3v) is 4.59. The van der Waals surface area contributed by atoms with Gasteiger partial charge in [-0.15, -0.1) is 0 Å². The van der Waals surface area contributed by atoms with Crippen molar-refractivity contribution in [3.8, 4) is 5.75 Å². The number of aromatic nitrogens is 2. The van der Waals surface area contributed by atoms with E-state index in [2.05, 4.69) is 12.1 Å². The molecule has 4 nitrogen and oxygen atoms in total. The number of ether oxygens (including phenoxy) is 1. The van der Waals surface area contributed by atoms with E-state index >= 15 is 0 Å². The highest BCUT2D eigenvalue weighted by Crippen LogP contribution is 2.19. The van der Waals surface area contributed by atoms with Crippen molar-refractivity contribution in [2.24, 2.45) is 0 Å². The van der Waals surface area contributed by atoms with Crippen LogP contribution in [0.5, 0.6) is 5.75 Å². The van der Waals surface area contributed by atoms with Gasteiger partial charge in [-0.2, -0.15) is 0 Å². The van der Waals surface area contributed by atoms with Crippen LogP contribution in [0.25, 0.3) is 11.0 Å². The fourth-order valence-electron chi connectivity index (χ4n) is 3.23. The van der Waals surface area contributed by atoms with E-state index < -0.39 is 6.10 Å². The van der Waals surface area contributed by atoms with E-state index in [1.807, 2.05) is 47.0 Å². The average Bonchev–Trinajstić information content (AvgIpc) is 3.05. The van der Waals surface area contributed by atoms with Crippen LogP contribution >= 0.6 is 0 Å². The smallest absolute Gasteiger partial charge is 0.123 e. The Kier molecular flexibility index (Phi) is 5.35. The Labute approximate surface area is 162 Å². The molecule has 142 valence electrons. The third kappa shape index (κ3) is 4.21. The number of imidazole rings is 1. The molecular formula is C23H21FN2O2. The summed E-state index contributed by atoms with van der Waals surface area (Å²) in [6, 6.07) is 23.8. The standard InChI is InChI=1S/C23H21FN2O2/c24-18-10-12-20(13-11-18)28-16-19(27)15-26-22-9-5-4-8-21(22)25-23(26)14-17-6-2-1-3-7-17/h1-13,19,27H,14-16H2/t19-/m1/s1. The van der Waals surface area contributed by atoms with Crippen molar-refractivity contribution in [2.45, 2.75) is 19.1 Å². The molecule has 0 radical (unpaired) electrons. The lowest BCUT2D eigenvalue weighted by Gasteiger charge is -2.16. The van der Waals surface area contributed by atoms with Gasteiger partial charge in [-0.1, -0.05) is 42.5 Å². The fourth-order valence-corrected chi connectivity index (χ4v) is 3.23. The van der Waals surface area contributed by atoms with Crippen molar-refractivity contribution in [1.29, 1.82) is 0 Å². The molecule has 5 heteroatoms. The summed E-state index contributed by atoms with van der Waals surface area (Å²) < 4.78 is 20.6. The molecule has 0 saturated carbocycles. The summed E-state index contributed by atoms with van der Waals surface area (Å²) in [4.78, 5) is 4.76. The van der Waals surface area contributed by atoms with Crippen molar-refractivity contribution in [3.63, 3.8) is 0 Å². The molecule has 1 N–H and O–H groups in total. The van der Waals surface area contributed by atoms with E-state index in [-0.39, 0.29) is 12.4 Å². The first kappa shape index (κ1) is 18.2. The molecule has 0 aliphatic heterocycles. The molecule has 1 atom stereocenters. The van der Waals surface area contributed by atoms with Crippen molar-refractivity contribution in [1.82, 2.24) is 9.55 Å². The van der Waals surface area contributed by atoms with Crippen LogP contribution in [0, 0.1) is 5.82 Å². The number of para-hydroxylation sites is 2. The Hall–Kier alpha value is -3.18. The topological polar surface area (TPSA) is 47.3 Å². The highest BCUT2D eigenvalue weighted by atomic mass is 19.1. The molecule has 0 amide bonds. The van der Waals surface area contributed by atoms with Gasteiger partial charge in [-0.25, -0.2) is 9.37 Å². The van der Waals surface area contributed by atoms with E-state index in [1.54, 1.807) is 12.1 Å². The molecular weight excluding hydrogens is 355 g/mol. The Morgan fingerprint density at radius 2 is 1.64 bits per heavy atom. The van der Waals surface area contributed by atoms with Gasteiger partial charge in [0.1, 0.15) is 30.1 Å². The molecule has 4 rings (SSSR count). The molecule has 0 fully saturated rings. The zero-order valence-electron chi connectivity index (χ0n) is 15.3. The van der Waals surface area contributed by atoms with Crippen LogP contribution in [0.15, 0.2) is 78.9 Å². The summed E-state index contributed by atoms with van der Waals surface area (Å²) in [5, 5.41) is 10.5. The van der Waals surface area contributed by atoms with Gasteiger partial charge in [0.05, 0.1) is 17.6 Å². The van der Waals surface area contributed by atoms with Crippen LogP contribution in [0.3, 0.4) is 0 Å². The predicted molar refractivity (Wildman–Crippen MR) is 107 cm³/mol. The SMILES string of the molecule is O[C@@H](COc1ccc(F)cc1)Cn1c(Cc2ccccc2)nc2ccccc21. The lowest BCUT2D eigenvalue weighted by molar-refractivity contribution is 0.0927. The van der Waals surface area contributed by atoms with Gasteiger partial charge in [0, 0.05) is 6.42 Å². The van der Waals surface area contributed by atoms with Crippen molar-refractivity contribution in [2.75, 3.05) is 6.61 Å². The van der Waals surface area contributed by atoms with Gasteiger partial charge in [0.2, 0.25) is 0 Å². The number of benzene rings is 3. The summed E-state index contributed by atoms with van der Waals surface area (Å²) in [5.41, 5.74) is 3.05. The largest absolute Gasteiger partial charge is 0.491 e. The van der Waals surface area contributed by atoms with Gasteiger partial charge in [-0.05, 0) is 42.0 Å². The van der Waals surface area contributed by atoms with E-state index in [1.165, 1.54) is 12.1 Å². The maximum atomic E-state index is 13.0. The quantitative estimate of drug-likeness (QED) is 0.526. The molecule has 0 bridgehead atoms. The number of hydrogen-bond donors (Lipinski definition) is 1. The van der Waals surface area contributed by atoms with Crippen molar-refractivity contribution >= 4 is 11.0 Å². The Balaban J connectivity index is 1.52. The number of fused-ring (bicyclic) bond motifs is 1. The van der Waals surface area contributed by atoms with Crippen LogP contribution in [0.1, 0.15) is 11.4 Å². The first-order valence-electron chi connectivity index (χ1n) is 9.23. The van der Waals surface area contributed by atoms with Crippen molar-refractivity contribution in [3.05, 3.63) is 96.1 Å². The Morgan fingerprint density at radius 3 is 2.43 bits per heavy atom. The first-order valence-corrected chi connectivity index (χ1v) is 9.23. The number of hydrogen-bond acceptors (Lipinski definition) is 3. The normalized spacial score (nSPS) is 12.2. The minimum Gasteiger partial charge on any atom is -0.491 e. The monoisotopic (exact) mass is 376 g/mol. The van der Waals surface area contributed by atoms with Gasteiger partial charge in [-0.3, -0.25) is 0 Å². The Bertz CT molecular complexity index is 1050. The van der Waals surface area contributed by atoms with E-state index in [0.717, 1.165) is 22.4 Å². The number of rotatable bonds is 7. The summed E-state index contributed by atoms with van der Waals surface area (Å²) in [6.45, 7) is 0.479. The molecule has 0 aliphatic rings. The molecule has 1 aromatic heterocycles. The van der Waals surface area contributed by atoms with E-state index in [4.69, 9.17) is 9.72 Å². The second-order valence-electron chi connectivity index (χ2n) is 6.71. The molecule has 0 aliphatic carbocycles. The summed E-state index contributed by atoms with van der Waals surface area (Å²) in [5.74, 6) is 1.11. The maximum absolute atomic E-state index is 13.0. The fraction of sp³-hybridized carbons (Fsp3) is 0.174. The van der Waals surface area contributed by atoms with Gasteiger partial charge >= 0.3 is 0 Å². The van der Waals surface area contributed by atoms with E-state index in [0.29, 0.717) is 18.7 Å². The molecule has 1 heterocycles. The lowest BCUT2D eigenvalue weighted by atomic mass is 10.1. The molecule has 4 aromatic rings. The van der Waals surface area contributed by atoms with Crippen molar-refractivity contribution < 1.29 is 14.2 Å². The number of nitrogens with zero attached hydrogens (tertiary/aromatic N) is 2. The van der Waals surface area contributed by atoms with Gasteiger partial charge in [0.15, 0.2) is 0 Å². The zero-order chi connectivity index (χ0) is 19.3. The number of halogens is 1. The molecule has 3 aromatic carbocycles. The molecule has 0 spiro atoms. The maximum Gasteiger partial charge on any atom is 0.123 e. The van der Waals surface area contributed by atoms with Crippen LogP contribution in [0.2, 0.25) is 0 Å². The number of aliphatic hydroxyl groups is 1. The average molecular weight is 376 g/mol. The van der Waals surface area contributed by atoms with Gasteiger partial charge in [0.25, 0.3) is 0 Å². The third-order valence-electron chi connectivity index (χ3n) is 4.59. The van der Waals surface area contributed by atoms with Crippen LogP contribution in [-0.2, 0) is 13.0 Å². The van der Waals surface area contributed by atoms with Gasteiger partial charge < -0.3 is 14.4 Å². The van der Waals surface area contributed by atoms with Crippen LogP contribution in [0.4, 0.5) is 4.39 Å². The highest BCUT2D eigenvalue weighted by molar-refractivity contribution is 5.76. The minimum atomic E-state index is -0.725. The molecule has 28 heavy (non-hydrogen) atoms. The van der Waals surface area contributed by atoms with E-state index in [9.17, 15) is 9.50 Å². The summed E-state index contributed by atoms with van der Waals surface area (Å²) >= 11 is 0. The zero-order valence-corrected chi connectivity index (χ0v) is 15.3. The summed E-state index contributed by atoms with van der Waals surface area (Å²) in [7, 11) is 0. The Morgan fingerprint density at radius 1 is 0.929 bits per heavy atom. The van der Waals surface area contributed by atoms with Crippen LogP contribution < -0.4 is 4.74 Å². The minimum absolute atomic E-state index is 0.114. The molecule has 0 saturated heterocycles. The highest BCUT2D eigenvalue weighted by Gasteiger charge is 2.15. The molecule has 0 unspecified atom stereocenters. The summed E-state index contributed by atoms with van der Waals surface area (Å²) in [6.07, 6.45) is -0.0432.